The van der Waals surface area contributed by atoms with Crippen LogP contribution in [-0.2, 0) is 9.53 Å². The molecule has 0 amide bonds. The number of fused-ring (bicyclic) bond motifs is 1. The molecule has 132 valence electrons. The first-order valence-corrected chi connectivity index (χ1v) is 8.16. The third-order valence-electron chi connectivity index (χ3n) is 4.32. The predicted octanol–water partition coefficient (Wildman–Crippen LogP) is 2.43. The Balaban J connectivity index is 1.62. The maximum Gasteiger partial charge on any atom is 0.336 e. The standard InChI is InChI=1S/C19H20O6/c1-11(18(21)16-9-12(2)19(22)25-16)7-8-23-14-5-3-13-4-6-17(20)24-15(13)10-14/h3-7,10,12,16,18,21H,8-9H2,1-2H3/b11-7+/t12-,16-,18+/m1/s1. The summed E-state index contributed by atoms with van der Waals surface area (Å²) in [5.74, 6) is 0.100. The molecule has 1 fully saturated rings. The highest BCUT2D eigenvalue weighted by Gasteiger charge is 2.36. The third-order valence-corrected chi connectivity index (χ3v) is 4.32. The number of carbonyl (C=O) groups is 1. The van der Waals surface area contributed by atoms with Crippen LogP contribution in [0.3, 0.4) is 0 Å². The molecule has 1 N–H and O–H groups in total. The Kier molecular flexibility index (Phi) is 4.90. The van der Waals surface area contributed by atoms with E-state index in [4.69, 9.17) is 13.9 Å². The quantitative estimate of drug-likeness (QED) is 0.509. The lowest BCUT2D eigenvalue weighted by Crippen LogP contribution is -2.27. The Morgan fingerprint density at radius 3 is 2.84 bits per heavy atom. The zero-order chi connectivity index (χ0) is 18.0. The summed E-state index contributed by atoms with van der Waals surface area (Å²) in [6, 6.07) is 8.29. The van der Waals surface area contributed by atoms with Gasteiger partial charge in [0.1, 0.15) is 30.1 Å². The van der Waals surface area contributed by atoms with Crippen molar-refractivity contribution in [1.29, 1.82) is 0 Å². The van der Waals surface area contributed by atoms with Gasteiger partial charge in [0, 0.05) is 23.9 Å². The molecule has 1 aromatic carbocycles. The number of hydrogen-bond acceptors (Lipinski definition) is 6. The Bertz CT molecular complexity index is 866. The smallest absolute Gasteiger partial charge is 0.336 e. The molecule has 0 saturated carbocycles. The molecule has 25 heavy (non-hydrogen) atoms. The van der Waals surface area contributed by atoms with Crippen LogP contribution < -0.4 is 10.4 Å². The summed E-state index contributed by atoms with van der Waals surface area (Å²) < 4.78 is 15.9. The zero-order valence-corrected chi connectivity index (χ0v) is 14.1. The van der Waals surface area contributed by atoms with Crippen LogP contribution in [0, 0.1) is 5.92 Å². The molecule has 2 heterocycles. The molecule has 0 bridgehead atoms. The monoisotopic (exact) mass is 344 g/mol. The van der Waals surface area contributed by atoms with Crippen molar-refractivity contribution in [3.8, 4) is 5.75 Å². The van der Waals surface area contributed by atoms with Gasteiger partial charge in [-0.15, -0.1) is 0 Å². The fourth-order valence-corrected chi connectivity index (χ4v) is 2.77. The van der Waals surface area contributed by atoms with Crippen LogP contribution in [0.5, 0.6) is 5.75 Å². The lowest BCUT2D eigenvalue weighted by molar-refractivity contribution is -0.146. The van der Waals surface area contributed by atoms with E-state index in [9.17, 15) is 14.7 Å². The zero-order valence-electron chi connectivity index (χ0n) is 14.1. The van der Waals surface area contributed by atoms with Crippen LogP contribution in [0.25, 0.3) is 11.0 Å². The van der Waals surface area contributed by atoms with E-state index in [1.807, 2.05) is 0 Å². The van der Waals surface area contributed by atoms with Crippen LogP contribution in [0.2, 0.25) is 0 Å². The highest BCUT2D eigenvalue weighted by atomic mass is 16.6. The summed E-state index contributed by atoms with van der Waals surface area (Å²) in [6.45, 7) is 3.79. The Morgan fingerprint density at radius 1 is 1.36 bits per heavy atom. The van der Waals surface area contributed by atoms with E-state index in [-0.39, 0.29) is 18.5 Å². The molecule has 0 spiro atoms. The molecule has 3 atom stereocenters. The summed E-state index contributed by atoms with van der Waals surface area (Å²) in [5.41, 5.74) is 0.723. The van der Waals surface area contributed by atoms with Crippen LogP contribution in [0.4, 0.5) is 0 Å². The van der Waals surface area contributed by atoms with E-state index in [1.165, 1.54) is 6.07 Å². The third kappa shape index (κ3) is 3.91. The van der Waals surface area contributed by atoms with Crippen molar-refractivity contribution in [2.75, 3.05) is 6.61 Å². The maximum atomic E-state index is 11.4. The lowest BCUT2D eigenvalue weighted by Gasteiger charge is -2.17. The summed E-state index contributed by atoms with van der Waals surface area (Å²) >= 11 is 0. The highest BCUT2D eigenvalue weighted by molar-refractivity contribution is 5.77. The van der Waals surface area contributed by atoms with Crippen molar-refractivity contribution >= 4 is 16.9 Å². The first kappa shape index (κ1) is 17.2. The van der Waals surface area contributed by atoms with Gasteiger partial charge in [-0.05, 0) is 36.8 Å². The van der Waals surface area contributed by atoms with Gasteiger partial charge in [-0.3, -0.25) is 4.79 Å². The molecule has 6 heteroatoms. The van der Waals surface area contributed by atoms with Crippen molar-refractivity contribution in [1.82, 2.24) is 0 Å². The Labute approximate surface area is 144 Å². The molecular weight excluding hydrogens is 324 g/mol. The fraction of sp³-hybridized carbons (Fsp3) is 0.368. The molecule has 2 aromatic rings. The number of esters is 1. The molecule has 1 aliphatic heterocycles. The average Bonchev–Trinajstić information content (AvgIpc) is 2.92. The number of hydrogen-bond donors (Lipinski definition) is 1. The van der Waals surface area contributed by atoms with Gasteiger partial charge >= 0.3 is 11.6 Å². The van der Waals surface area contributed by atoms with Crippen LogP contribution in [0.15, 0.2) is 51.2 Å². The van der Waals surface area contributed by atoms with Gasteiger partial charge in [0.25, 0.3) is 0 Å². The second kappa shape index (κ2) is 7.11. The van der Waals surface area contributed by atoms with Gasteiger partial charge < -0.3 is 19.0 Å². The highest BCUT2D eigenvalue weighted by Crippen LogP contribution is 2.26. The first-order valence-electron chi connectivity index (χ1n) is 8.16. The van der Waals surface area contributed by atoms with Gasteiger partial charge in [0.2, 0.25) is 0 Å². The van der Waals surface area contributed by atoms with Gasteiger partial charge in [-0.2, -0.15) is 0 Å². The second-order valence-corrected chi connectivity index (χ2v) is 6.27. The summed E-state index contributed by atoms with van der Waals surface area (Å²) in [4.78, 5) is 22.7. The van der Waals surface area contributed by atoms with E-state index in [0.29, 0.717) is 23.3 Å². The number of rotatable bonds is 5. The van der Waals surface area contributed by atoms with Crippen molar-refractivity contribution in [3.05, 3.63) is 52.4 Å². The Morgan fingerprint density at radius 2 is 2.12 bits per heavy atom. The number of aliphatic hydroxyl groups is 1. The molecule has 1 aromatic heterocycles. The maximum absolute atomic E-state index is 11.4. The van der Waals surface area contributed by atoms with E-state index in [1.54, 1.807) is 44.2 Å². The molecule has 1 aliphatic rings. The fourth-order valence-electron chi connectivity index (χ4n) is 2.77. The number of cyclic esters (lactones) is 1. The van der Waals surface area contributed by atoms with Crippen molar-refractivity contribution < 1.29 is 23.8 Å². The summed E-state index contributed by atoms with van der Waals surface area (Å²) in [5, 5.41) is 11.1. The number of ether oxygens (including phenoxy) is 2. The molecule has 0 radical (unpaired) electrons. The largest absolute Gasteiger partial charge is 0.489 e. The average molecular weight is 344 g/mol. The number of benzene rings is 1. The van der Waals surface area contributed by atoms with Crippen LogP contribution in [0.1, 0.15) is 20.3 Å². The van der Waals surface area contributed by atoms with Gasteiger partial charge in [-0.1, -0.05) is 6.92 Å². The van der Waals surface area contributed by atoms with Gasteiger partial charge in [0.15, 0.2) is 0 Å². The van der Waals surface area contributed by atoms with Gasteiger partial charge in [-0.25, -0.2) is 4.79 Å². The first-order chi connectivity index (χ1) is 11.9. The molecule has 0 aliphatic carbocycles. The molecule has 0 unspecified atom stereocenters. The van der Waals surface area contributed by atoms with Crippen molar-refractivity contribution in [2.45, 2.75) is 32.5 Å². The SMILES string of the molecule is C/C(=C\COc1ccc2ccc(=O)oc2c1)[C@H](O)[C@H]1C[C@@H](C)C(=O)O1. The number of carbonyl (C=O) groups excluding carboxylic acids is 1. The molecule has 3 rings (SSSR count). The van der Waals surface area contributed by atoms with Crippen molar-refractivity contribution in [3.63, 3.8) is 0 Å². The summed E-state index contributed by atoms with van der Waals surface area (Å²) in [6.07, 6.45) is 0.906. The van der Waals surface area contributed by atoms with E-state index in [0.717, 1.165) is 5.39 Å². The van der Waals surface area contributed by atoms with Crippen LogP contribution in [-0.4, -0.2) is 29.9 Å². The molecule has 6 nitrogen and oxygen atoms in total. The van der Waals surface area contributed by atoms with E-state index < -0.39 is 17.8 Å². The minimum atomic E-state index is -0.841. The van der Waals surface area contributed by atoms with Gasteiger partial charge in [0.05, 0.1) is 5.92 Å². The molecule has 1 saturated heterocycles. The minimum Gasteiger partial charge on any atom is -0.489 e. The minimum absolute atomic E-state index is 0.184. The van der Waals surface area contributed by atoms with Crippen molar-refractivity contribution in [2.24, 2.45) is 5.92 Å². The summed E-state index contributed by atoms with van der Waals surface area (Å²) in [7, 11) is 0. The van der Waals surface area contributed by atoms with Crippen LogP contribution >= 0.6 is 0 Å². The molecular formula is C19H20O6. The van der Waals surface area contributed by atoms with E-state index in [2.05, 4.69) is 0 Å². The second-order valence-electron chi connectivity index (χ2n) is 6.27. The number of aliphatic hydroxyl groups excluding tert-OH is 1. The lowest BCUT2D eigenvalue weighted by atomic mass is 9.99. The Hall–Kier alpha value is -2.60. The van der Waals surface area contributed by atoms with E-state index >= 15 is 0 Å². The predicted molar refractivity (Wildman–Crippen MR) is 91.4 cm³/mol. The normalized spacial score (nSPS) is 22.0. The topological polar surface area (TPSA) is 86.0 Å².